The molecule has 5 atom stereocenters. The quantitative estimate of drug-likeness (QED) is 0.460. The van der Waals surface area contributed by atoms with Gasteiger partial charge in [-0.15, -0.1) is 0 Å². The third-order valence-electron chi connectivity index (χ3n) is 5.29. The Morgan fingerprint density at radius 3 is 2.65 bits per heavy atom. The highest BCUT2D eigenvalue weighted by atomic mass is 16.5. The highest BCUT2D eigenvalue weighted by Gasteiger charge is 2.53. The van der Waals surface area contributed by atoms with Crippen molar-refractivity contribution in [2.45, 2.75) is 44.8 Å². The molecule has 2 saturated carbocycles. The molecule has 0 aliphatic heterocycles. The lowest BCUT2D eigenvalue weighted by molar-refractivity contribution is -0.140. The smallest absolute Gasteiger partial charge is 0.333 e. The molecule has 0 amide bonds. The van der Waals surface area contributed by atoms with Crippen LogP contribution in [0.5, 0.6) is 0 Å². The summed E-state index contributed by atoms with van der Waals surface area (Å²) in [5.41, 5.74) is 0.921. The lowest BCUT2D eigenvalue weighted by Crippen LogP contribution is -2.54. The van der Waals surface area contributed by atoms with Gasteiger partial charge >= 0.3 is 5.97 Å². The van der Waals surface area contributed by atoms with Gasteiger partial charge in [-0.25, -0.2) is 4.79 Å². The largest absolute Gasteiger partial charge is 0.466 e. The van der Waals surface area contributed by atoms with Gasteiger partial charge in [0.2, 0.25) is 0 Å². The van der Waals surface area contributed by atoms with Crippen LogP contribution in [0.3, 0.4) is 0 Å². The summed E-state index contributed by atoms with van der Waals surface area (Å²) < 4.78 is 4.70. The van der Waals surface area contributed by atoms with Gasteiger partial charge in [0.05, 0.1) is 19.3 Å². The minimum absolute atomic E-state index is 0.189. The minimum Gasteiger partial charge on any atom is -0.466 e. The van der Waals surface area contributed by atoms with E-state index in [9.17, 15) is 15.0 Å². The number of esters is 1. The van der Waals surface area contributed by atoms with Gasteiger partial charge < -0.3 is 14.9 Å². The van der Waals surface area contributed by atoms with Gasteiger partial charge in [-0.05, 0) is 25.7 Å². The van der Waals surface area contributed by atoms with E-state index < -0.39 is 18.2 Å². The van der Waals surface area contributed by atoms with Crippen molar-refractivity contribution in [2.24, 2.45) is 17.3 Å². The Hall–Kier alpha value is -1.13. The van der Waals surface area contributed by atoms with E-state index in [1.165, 1.54) is 7.11 Å². The highest BCUT2D eigenvalue weighted by molar-refractivity contribution is 5.88. The molecule has 0 aromatic heterocycles. The maximum atomic E-state index is 11.6. The van der Waals surface area contributed by atoms with Crippen molar-refractivity contribution >= 4 is 5.97 Å². The molecule has 112 valence electrons. The Morgan fingerprint density at radius 1 is 1.40 bits per heavy atom. The second kappa shape index (κ2) is 5.34. The number of carbonyl (C=O) groups excluding carboxylic acids is 1. The Kier molecular flexibility index (Phi) is 4.07. The van der Waals surface area contributed by atoms with E-state index in [1.54, 1.807) is 0 Å². The van der Waals surface area contributed by atoms with Crippen LogP contribution < -0.4 is 0 Å². The van der Waals surface area contributed by atoms with Gasteiger partial charge in [0.1, 0.15) is 0 Å². The molecule has 2 aliphatic rings. The number of aliphatic hydroxyl groups excluding tert-OH is 2. The van der Waals surface area contributed by atoms with E-state index in [-0.39, 0.29) is 17.3 Å². The van der Waals surface area contributed by atoms with Crippen LogP contribution in [0.15, 0.2) is 24.3 Å². The molecule has 0 aromatic carbocycles. The lowest BCUT2D eigenvalue weighted by atomic mass is 9.54. The molecule has 4 nitrogen and oxygen atoms in total. The summed E-state index contributed by atoms with van der Waals surface area (Å²) in [6.07, 6.45) is 1.63. The fraction of sp³-hybridized carbons (Fsp3) is 0.688. The Labute approximate surface area is 120 Å². The number of ether oxygens (including phenoxy) is 1. The SMILES string of the molecule is C=C1CC[C@@H](O)[C@]2(C)CC[C@@H](C(=C)C(=O)OC)[C@H](O)[C@@H]12. The first-order chi connectivity index (χ1) is 9.32. The van der Waals surface area contributed by atoms with Crippen molar-refractivity contribution in [3.63, 3.8) is 0 Å². The van der Waals surface area contributed by atoms with Gasteiger partial charge in [-0.1, -0.05) is 25.7 Å². The summed E-state index contributed by atoms with van der Waals surface area (Å²) in [7, 11) is 1.32. The molecule has 0 spiro atoms. The number of fused-ring (bicyclic) bond motifs is 1. The van der Waals surface area contributed by atoms with E-state index >= 15 is 0 Å². The molecule has 2 rings (SSSR count). The summed E-state index contributed by atoms with van der Waals surface area (Å²) in [4.78, 5) is 11.6. The maximum absolute atomic E-state index is 11.6. The Balaban J connectivity index is 2.27. The zero-order valence-corrected chi connectivity index (χ0v) is 12.3. The predicted molar refractivity (Wildman–Crippen MR) is 75.9 cm³/mol. The molecule has 20 heavy (non-hydrogen) atoms. The van der Waals surface area contributed by atoms with Gasteiger partial charge in [-0.2, -0.15) is 0 Å². The predicted octanol–water partition coefficient (Wildman–Crippen LogP) is 1.82. The number of hydrogen-bond donors (Lipinski definition) is 2. The van der Waals surface area contributed by atoms with Crippen LogP contribution in [-0.2, 0) is 9.53 Å². The number of aliphatic hydroxyl groups is 2. The molecular formula is C16H24O4. The van der Waals surface area contributed by atoms with Crippen molar-refractivity contribution in [1.29, 1.82) is 0 Å². The first kappa shape index (κ1) is 15.3. The average molecular weight is 280 g/mol. The van der Waals surface area contributed by atoms with Crippen LogP contribution in [0.25, 0.3) is 0 Å². The molecule has 0 bridgehead atoms. The highest BCUT2D eigenvalue weighted by Crippen LogP contribution is 2.54. The van der Waals surface area contributed by atoms with Crippen LogP contribution in [0.2, 0.25) is 0 Å². The number of rotatable bonds is 2. The summed E-state index contributed by atoms with van der Waals surface area (Å²) in [6.45, 7) is 9.85. The zero-order chi connectivity index (χ0) is 15.1. The lowest BCUT2D eigenvalue weighted by Gasteiger charge is -2.53. The van der Waals surface area contributed by atoms with E-state index in [0.717, 1.165) is 18.4 Å². The van der Waals surface area contributed by atoms with Crippen LogP contribution >= 0.6 is 0 Å². The molecule has 2 N–H and O–H groups in total. The third kappa shape index (κ3) is 2.21. The second-order valence-electron chi connectivity index (χ2n) is 6.35. The van der Waals surface area contributed by atoms with Crippen LogP contribution in [-0.4, -0.2) is 35.5 Å². The minimum atomic E-state index is -0.734. The van der Waals surface area contributed by atoms with Crippen LogP contribution in [0, 0.1) is 17.3 Å². The number of methoxy groups -OCH3 is 1. The van der Waals surface area contributed by atoms with Gasteiger partial charge in [0, 0.05) is 22.8 Å². The van der Waals surface area contributed by atoms with Crippen molar-refractivity contribution in [1.82, 2.24) is 0 Å². The topological polar surface area (TPSA) is 66.8 Å². The summed E-state index contributed by atoms with van der Waals surface area (Å²) in [6, 6.07) is 0. The van der Waals surface area contributed by atoms with Crippen LogP contribution in [0.1, 0.15) is 32.6 Å². The molecule has 0 aromatic rings. The fourth-order valence-corrected chi connectivity index (χ4v) is 3.97. The third-order valence-corrected chi connectivity index (χ3v) is 5.29. The Morgan fingerprint density at radius 2 is 2.05 bits per heavy atom. The molecular weight excluding hydrogens is 256 g/mol. The van der Waals surface area contributed by atoms with Crippen LogP contribution in [0.4, 0.5) is 0 Å². The van der Waals surface area contributed by atoms with E-state index in [4.69, 9.17) is 4.74 Å². The summed E-state index contributed by atoms with van der Waals surface area (Å²) in [5.74, 6) is -0.978. The normalized spacial score (nSPS) is 40.9. The molecule has 4 heteroatoms. The summed E-state index contributed by atoms with van der Waals surface area (Å²) >= 11 is 0. The molecule has 0 radical (unpaired) electrons. The molecule has 2 aliphatic carbocycles. The average Bonchev–Trinajstić information content (AvgIpc) is 2.42. The zero-order valence-electron chi connectivity index (χ0n) is 12.3. The molecule has 2 fully saturated rings. The van der Waals surface area contributed by atoms with E-state index in [2.05, 4.69) is 13.2 Å². The van der Waals surface area contributed by atoms with E-state index in [1.807, 2.05) is 6.92 Å². The summed E-state index contributed by atoms with van der Waals surface area (Å²) in [5, 5.41) is 21.0. The van der Waals surface area contributed by atoms with E-state index in [0.29, 0.717) is 18.4 Å². The molecule has 0 saturated heterocycles. The Bertz CT molecular complexity index is 442. The first-order valence-corrected chi connectivity index (χ1v) is 7.13. The van der Waals surface area contributed by atoms with Gasteiger partial charge in [0.15, 0.2) is 0 Å². The van der Waals surface area contributed by atoms with Gasteiger partial charge in [0.25, 0.3) is 0 Å². The van der Waals surface area contributed by atoms with Crippen molar-refractivity contribution in [3.8, 4) is 0 Å². The second-order valence-corrected chi connectivity index (χ2v) is 6.35. The first-order valence-electron chi connectivity index (χ1n) is 7.13. The standard InChI is InChI=1S/C16H24O4/c1-9-5-6-12(17)16(3)8-7-11(14(18)13(9)16)10(2)15(19)20-4/h11-14,17-18H,1-2,5-8H2,3-4H3/t11-,12+,13+,14-,16-/m0/s1. The molecule has 0 heterocycles. The van der Waals surface area contributed by atoms with Crippen molar-refractivity contribution < 1.29 is 19.7 Å². The number of hydrogen-bond acceptors (Lipinski definition) is 4. The van der Waals surface area contributed by atoms with Gasteiger partial charge in [-0.3, -0.25) is 0 Å². The fourth-order valence-electron chi connectivity index (χ4n) is 3.97. The number of carbonyl (C=O) groups is 1. The monoisotopic (exact) mass is 280 g/mol. The van der Waals surface area contributed by atoms with Crippen molar-refractivity contribution in [2.75, 3.05) is 7.11 Å². The van der Waals surface area contributed by atoms with Crippen molar-refractivity contribution in [3.05, 3.63) is 24.3 Å². The molecule has 0 unspecified atom stereocenters. The maximum Gasteiger partial charge on any atom is 0.333 e.